The minimum atomic E-state index is 0.128. The van der Waals surface area contributed by atoms with Gasteiger partial charge in [-0.05, 0) is 32.2 Å². The lowest BCUT2D eigenvalue weighted by atomic mass is 10.2. The van der Waals surface area contributed by atoms with Crippen LogP contribution in [-0.2, 0) is 15.3 Å². The van der Waals surface area contributed by atoms with Crippen LogP contribution in [0.1, 0.15) is 25.6 Å². The highest BCUT2D eigenvalue weighted by molar-refractivity contribution is 7.99. The van der Waals surface area contributed by atoms with E-state index in [9.17, 15) is 4.79 Å². The van der Waals surface area contributed by atoms with Crippen LogP contribution in [0.3, 0.4) is 0 Å². The number of thiophene rings is 1. The monoisotopic (exact) mass is 342 g/mol. The second-order valence-electron chi connectivity index (χ2n) is 5.94. The van der Waals surface area contributed by atoms with Gasteiger partial charge in [-0.2, -0.15) is 0 Å². The highest BCUT2D eigenvalue weighted by atomic mass is 32.2. The average molecular weight is 343 g/mol. The van der Waals surface area contributed by atoms with Crippen LogP contribution in [0.5, 0.6) is 0 Å². The van der Waals surface area contributed by atoms with E-state index in [2.05, 4.69) is 42.4 Å². The molecule has 0 aliphatic carbocycles. The summed E-state index contributed by atoms with van der Waals surface area (Å²) in [6, 6.07) is 4.51. The quantitative estimate of drug-likeness (QED) is 0.827. The summed E-state index contributed by atoms with van der Waals surface area (Å²) in [7, 11) is 0. The number of rotatable bonds is 7. The minimum Gasteiger partial charge on any atom is -0.373 e. The van der Waals surface area contributed by atoms with Crippen LogP contribution in [0.2, 0.25) is 0 Å². The Morgan fingerprint density at radius 2 is 2.23 bits per heavy atom. The molecule has 124 valence electrons. The maximum absolute atomic E-state index is 11.9. The molecule has 0 bridgehead atoms. The van der Waals surface area contributed by atoms with Crippen molar-refractivity contribution in [2.75, 3.05) is 25.4 Å². The number of morpholine rings is 1. The first-order chi connectivity index (χ1) is 10.5. The van der Waals surface area contributed by atoms with Crippen molar-refractivity contribution in [2.45, 2.75) is 44.8 Å². The van der Waals surface area contributed by atoms with E-state index in [0.29, 0.717) is 18.3 Å². The molecular formula is C16H26N2O2S2. The Morgan fingerprint density at radius 1 is 1.50 bits per heavy atom. The third kappa shape index (κ3) is 5.91. The van der Waals surface area contributed by atoms with Gasteiger partial charge in [0.15, 0.2) is 0 Å². The number of hydrogen-bond acceptors (Lipinski definition) is 5. The van der Waals surface area contributed by atoms with Crippen molar-refractivity contribution in [3.05, 3.63) is 22.4 Å². The maximum atomic E-state index is 11.9. The first-order valence-corrected chi connectivity index (χ1v) is 9.84. The number of thioether (sulfide) groups is 1. The summed E-state index contributed by atoms with van der Waals surface area (Å²) in [5.41, 5.74) is 0. The lowest BCUT2D eigenvalue weighted by Crippen LogP contribution is -2.52. The van der Waals surface area contributed by atoms with Crippen LogP contribution < -0.4 is 5.32 Å². The van der Waals surface area contributed by atoms with Crippen LogP contribution in [0.25, 0.3) is 0 Å². The molecule has 0 spiro atoms. The van der Waals surface area contributed by atoms with Gasteiger partial charge in [-0.25, -0.2) is 0 Å². The van der Waals surface area contributed by atoms with Gasteiger partial charge in [0, 0.05) is 36.3 Å². The zero-order valence-electron chi connectivity index (χ0n) is 13.6. The number of carbonyl (C=O) groups excluding carboxylic acids is 1. The van der Waals surface area contributed by atoms with E-state index in [1.54, 1.807) is 23.1 Å². The predicted octanol–water partition coefficient (Wildman–Crippen LogP) is 2.60. The van der Waals surface area contributed by atoms with Crippen LogP contribution in [0, 0.1) is 0 Å². The molecule has 4 nitrogen and oxygen atoms in total. The summed E-state index contributed by atoms with van der Waals surface area (Å²) in [5, 5.41) is 5.12. The number of hydrogen-bond donors (Lipinski definition) is 1. The number of ether oxygens (including phenoxy) is 1. The molecule has 2 rings (SSSR count). The summed E-state index contributed by atoms with van der Waals surface area (Å²) >= 11 is 3.41. The average Bonchev–Trinajstić information content (AvgIpc) is 2.97. The Bertz CT molecular complexity index is 443. The van der Waals surface area contributed by atoms with Crippen molar-refractivity contribution in [1.82, 2.24) is 10.2 Å². The summed E-state index contributed by atoms with van der Waals surface area (Å²) < 4.78 is 5.75. The topological polar surface area (TPSA) is 41.6 Å². The lowest BCUT2D eigenvalue weighted by molar-refractivity contribution is -0.119. The zero-order valence-corrected chi connectivity index (χ0v) is 15.2. The second-order valence-corrected chi connectivity index (χ2v) is 7.95. The van der Waals surface area contributed by atoms with Crippen molar-refractivity contribution >= 4 is 29.0 Å². The van der Waals surface area contributed by atoms with Gasteiger partial charge in [0.25, 0.3) is 0 Å². The molecule has 22 heavy (non-hydrogen) atoms. The Balaban J connectivity index is 1.62. The first-order valence-electron chi connectivity index (χ1n) is 7.81. The molecule has 1 aromatic heterocycles. The van der Waals surface area contributed by atoms with Crippen molar-refractivity contribution < 1.29 is 9.53 Å². The summed E-state index contributed by atoms with van der Waals surface area (Å²) in [6.07, 6.45) is 0.534. The summed E-state index contributed by atoms with van der Waals surface area (Å²) in [4.78, 5) is 15.6. The van der Waals surface area contributed by atoms with Gasteiger partial charge in [0.1, 0.15) is 0 Å². The molecule has 1 aliphatic heterocycles. The zero-order chi connectivity index (χ0) is 15.9. The normalized spacial score (nSPS) is 24.1. The fourth-order valence-electron chi connectivity index (χ4n) is 2.66. The van der Waals surface area contributed by atoms with E-state index in [0.717, 1.165) is 18.8 Å². The van der Waals surface area contributed by atoms with E-state index in [-0.39, 0.29) is 18.1 Å². The van der Waals surface area contributed by atoms with Crippen molar-refractivity contribution in [3.63, 3.8) is 0 Å². The smallest absolute Gasteiger partial charge is 0.230 e. The highest BCUT2D eigenvalue weighted by Crippen LogP contribution is 2.17. The standard InChI is InChI=1S/C16H26N2O2S2/c1-12(18-8-13(2)20-14(3)9-18)7-17-16(19)11-21-10-15-5-4-6-22-15/h4-6,12-14H,7-11H2,1-3H3,(H,17,19)/t12-,13-,14+/m1/s1. The van der Waals surface area contributed by atoms with E-state index < -0.39 is 0 Å². The fraction of sp³-hybridized carbons (Fsp3) is 0.688. The van der Waals surface area contributed by atoms with Gasteiger partial charge in [-0.1, -0.05) is 6.07 Å². The van der Waals surface area contributed by atoms with Crippen molar-refractivity contribution in [1.29, 1.82) is 0 Å². The van der Waals surface area contributed by atoms with Crippen LogP contribution in [0.15, 0.2) is 17.5 Å². The largest absolute Gasteiger partial charge is 0.373 e. The van der Waals surface area contributed by atoms with Crippen molar-refractivity contribution in [3.8, 4) is 0 Å². The summed E-state index contributed by atoms with van der Waals surface area (Å²) in [6.45, 7) is 8.97. The molecule has 2 heterocycles. The second kappa shape index (κ2) is 8.91. The molecule has 1 aliphatic rings. The van der Waals surface area contributed by atoms with Crippen LogP contribution >= 0.6 is 23.1 Å². The minimum absolute atomic E-state index is 0.128. The molecule has 3 atom stereocenters. The fourth-order valence-corrected chi connectivity index (χ4v) is 4.36. The molecule has 0 aromatic carbocycles. The van der Waals surface area contributed by atoms with Gasteiger partial charge in [0.2, 0.25) is 5.91 Å². The van der Waals surface area contributed by atoms with Crippen molar-refractivity contribution in [2.24, 2.45) is 0 Å². The number of carbonyl (C=O) groups is 1. The van der Waals surface area contributed by atoms with E-state index in [1.807, 2.05) is 6.07 Å². The molecule has 1 saturated heterocycles. The molecule has 1 aromatic rings. The van der Waals surface area contributed by atoms with Crippen LogP contribution in [0.4, 0.5) is 0 Å². The van der Waals surface area contributed by atoms with Gasteiger partial charge < -0.3 is 10.1 Å². The Labute approximate surface area is 141 Å². The lowest BCUT2D eigenvalue weighted by Gasteiger charge is -2.39. The maximum Gasteiger partial charge on any atom is 0.230 e. The number of amides is 1. The van der Waals surface area contributed by atoms with Gasteiger partial charge >= 0.3 is 0 Å². The highest BCUT2D eigenvalue weighted by Gasteiger charge is 2.25. The van der Waals surface area contributed by atoms with Gasteiger partial charge in [0.05, 0.1) is 18.0 Å². The van der Waals surface area contributed by atoms with E-state index >= 15 is 0 Å². The van der Waals surface area contributed by atoms with Gasteiger partial charge in [-0.3, -0.25) is 9.69 Å². The Kier molecular flexibility index (Phi) is 7.21. The molecular weight excluding hydrogens is 316 g/mol. The van der Waals surface area contributed by atoms with E-state index in [1.165, 1.54) is 4.88 Å². The Morgan fingerprint density at radius 3 is 2.86 bits per heavy atom. The first kappa shape index (κ1) is 17.8. The molecule has 0 saturated carbocycles. The number of nitrogens with one attached hydrogen (secondary N) is 1. The molecule has 1 N–H and O–H groups in total. The Hall–Kier alpha value is -0.560. The molecule has 1 amide bonds. The molecule has 6 heteroatoms. The molecule has 1 fully saturated rings. The SMILES string of the molecule is C[C@@H]1CN([C@H](C)CNC(=O)CSCc2cccs2)C[C@H](C)O1. The predicted molar refractivity (Wildman–Crippen MR) is 94.5 cm³/mol. The molecule has 0 unspecified atom stereocenters. The van der Waals surface area contributed by atoms with Gasteiger partial charge in [-0.15, -0.1) is 23.1 Å². The third-order valence-corrected chi connectivity index (χ3v) is 5.76. The summed E-state index contributed by atoms with van der Waals surface area (Å²) in [5.74, 6) is 1.57. The number of nitrogens with zero attached hydrogens (tertiary/aromatic N) is 1. The molecule has 0 radical (unpaired) electrons. The third-order valence-electron chi connectivity index (χ3n) is 3.72. The van der Waals surface area contributed by atoms with Crippen LogP contribution in [-0.4, -0.2) is 54.4 Å². The van der Waals surface area contributed by atoms with E-state index in [4.69, 9.17) is 4.74 Å².